The lowest BCUT2D eigenvalue weighted by molar-refractivity contribution is -0.172. The smallest absolute Gasteiger partial charge is 0.343 e. The first-order valence-electron chi connectivity index (χ1n) is 13.4. The number of benzene rings is 1. The quantitative estimate of drug-likeness (QED) is 0.344. The number of aryl methyl sites for hydroxylation is 1. The van der Waals surface area contributed by atoms with E-state index in [2.05, 4.69) is 5.32 Å². The van der Waals surface area contributed by atoms with Crippen molar-refractivity contribution in [3.8, 4) is 11.4 Å². The van der Waals surface area contributed by atoms with Gasteiger partial charge >= 0.3 is 5.97 Å². The minimum atomic E-state index is -1.96. The molecular formula is C29H28FN3O6. The number of amides is 1. The van der Waals surface area contributed by atoms with Crippen molar-refractivity contribution in [3.05, 3.63) is 61.7 Å². The maximum atomic E-state index is 15.0. The van der Waals surface area contributed by atoms with E-state index in [9.17, 15) is 24.6 Å². The number of fused-ring (bicyclic) bond motifs is 5. The summed E-state index contributed by atoms with van der Waals surface area (Å²) >= 11 is 0. The third-order valence-electron chi connectivity index (χ3n) is 9.03. The first-order chi connectivity index (χ1) is 18.6. The lowest BCUT2D eigenvalue weighted by atomic mass is 9.81. The van der Waals surface area contributed by atoms with Crippen molar-refractivity contribution in [3.63, 3.8) is 0 Å². The number of carbonyl (C=O) groups excluding carboxylic acids is 2. The van der Waals surface area contributed by atoms with E-state index < -0.39 is 29.6 Å². The van der Waals surface area contributed by atoms with Crippen LogP contribution in [-0.4, -0.2) is 37.7 Å². The highest BCUT2D eigenvalue weighted by atomic mass is 19.1. The molecule has 3 N–H and O–H groups in total. The maximum Gasteiger partial charge on any atom is 0.343 e. The molecule has 1 aromatic carbocycles. The SMILES string of the molecule is CC[C@@]1(O)C(=O)OCc2c1cc1n(c2=O)Cc2c-1nc1cc(F)c(C)c3c1c2[C@@H](NC(=O)C(O)C1CC1)CC3. The average molecular weight is 534 g/mol. The van der Waals surface area contributed by atoms with Crippen molar-refractivity contribution in [2.24, 2.45) is 5.92 Å². The number of cyclic esters (lactones) is 1. The van der Waals surface area contributed by atoms with Crippen molar-refractivity contribution in [2.45, 2.75) is 76.9 Å². The molecule has 7 rings (SSSR count). The van der Waals surface area contributed by atoms with E-state index in [-0.39, 0.29) is 48.0 Å². The van der Waals surface area contributed by atoms with E-state index in [1.165, 1.54) is 10.6 Å². The summed E-state index contributed by atoms with van der Waals surface area (Å²) in [7, 11) is 0. The van der Waals surface area contributed by atoms with Gasteiger partial charge in [-0.25, -0.2) is 14.2 Å². The Morgan fingerprint density at radius 1 is 1.26 bits per heavy atom. The largest absolute Gasteiger partial charge is 0.458 e. The molecule has 3 atom stereocenters. The molecule has 1 saturated carbocycles. The van der Waals surface area contributed by atoms with Crippen molar-refractivity contribution in [2.75, 3.05) is 0 Å². The van der Waals surface area contributed by atoms with Crippen molar-refractivity contribution < 1.29 is 28.9 Å². The number of aliphatic hydroxyl groups excluding tert-OH is 1. The monoisotopic (exact) mass is 533 g/mol. The van der Waals surface area contributed by atoms with Crippen molar-refractivity contribution >= 4 is 22.8 Å². The Bertz CT molecular complexity index is 1690. The first kappa shape index (κ1) is 24.4. The molecular weight excluding hydrogens is 505 g/mol. The van der Waals surface area contributed by atoms with Gasteiger partial charge in [-0.3, -0.25) is 9.59 Å². The second kappa shape index (κ2) is 8.19. The molecule has 0 radical (unpaired) electrons. The molecule has 4 aliphatic rings. The van der Waals surface area contributed by atoms with Crippen LogP contribution >= 0.6 is 0 Å². The standard InChI is InChI=1S/C29H28FN3O6/c1-3-29(38)17-8-21-24-15(10-33(21)27(36)16(17)11-39-28(29)37)23-19(32-26(35)25(34)13-4-5-13)7-6-14-12(2)18(30)9-20(31-24)22(14)23/h8-9,13,19,25,34,38H,3-7,10-11H2,1-2H3,(H,32,35)/t19-,25?,29-/m0/s1. The number of ether oxygens (including phenoxy) is 1. The van der Waals surface area contributed by atoms with Crippen LogP contribution in [0.2, 0.25) is 0 Å². The zero-order chi connectivity index (χ0) is 27.4. The number of aromatic nitrogens is 2. The number of nitrogens with zero attached hydrogens (tertiary/aromatic N) is 2. The fourth-order valence-electron chi connectivity index (χ4n) is 6.58. The Hall–Kier alpha value is -3.63. The molecule has 1 amide bonds. The van der Waals surface area contributed by atoms with Gasteiger partial charge in [-0.05, 0) is 67.7 Å². The summed E-state index contributed by atoms with van der Waals surface area (Å²) < 4.78 is 21.7. The molecule has 2 aliphatic heterocycles. The molecule has 2 aliphatic carbocycles. The lowest BCUT2D eigenvalue weighted by Gasteiger charge is -2.31. The predicted molar refractivity (Wildman–Crippen MR) is 137 cm³/mol. The van der Waals surface area contributed by atoms with Crippen LogP contribution in [0.1, 0.15) is 72.0 Å². The molecule has 3 aromatic rings. The highest BCUT2D eigenvalue weighted by Crippen LogP contribution is 2.46. The van der Waals surface area contributed by atoms with Crippen LogP contribution in [0.5, 0.6) is 0 Å². The van der Waals surface area contributed by atoms with Gasteiger partial charge in [0.25, 0.3) is 5.56 Å². The van der Waals surface area contributed by atoms with Gasteiger partial charge in [0, 0.05) is 22.6 Å². The summed E-state index contributed by atoms with van der Waals surface area (Å²) in [5.74, 6) is -1.65. The van der Waals surface area contributed by atoms with Crippen LogP contribution < -0.4 is 10.9 Å². The second-order valence-corrected chi connectivity index (χ2v) is 11.2. The van der Waals surface area contributed by atoms with Gasteiger partial charge < -0.3 is 24.8 Å². The fraction of sp³-hybridized carbons (Fsp3) is 0.448. The molecule has 202 valence electrons. The van der Waals surface area contributed by atoms with E-state index in [1.54, 1.807) is 19.9 Å². The Kier molecular flexibility index (Phi) is 5.13. The van der Waals surface area contributed by atoms with Crippen LogP contribution in [0.15, 0.2) is 16.9 Å². The minimum Gasteiger partial charge on any atom is -0.458 e. The van der Waals surface area contributed by atoms with Crippen LogP contribution in [0, 0.1) is 18.7 Å². The topological polar surface area (TPSA) is 131 Å². The van der Waals surface area contributed by atoms with Gasteiger partial charge in [-0.1, -0.05) is 6.92 Å². The average Bonchev–Trinajstić information content (AvgIpc) is 3.71. The summed E-state index contributed by atoms with van der Waals surface area (Å²) in [5, 5.41) is 25.4. The van der Waals surface area contributed by atoms with Gasteiger partial charge in [-0.2, -0.15) is 0 Å². The van der Waals surface area contributed by atoms with E-state index in [4.69, 9.17) is 9.72 Å². The third kappa shape index (κ3) is 3.31. The number of esters is 1. The Balaban J connectivity index is 1.46. The van der Waals surface area contributed by atoms with Gasteiger partial charge in [0.1, 0.15) is 18.5 Å². The summed E-state index contributed by atoms with van der Waals surface area (Å²) in [5.41, 5.74) is 2.21. The maximum absolute atomic E-state index is 15.0. The highest BCUT2D eigenvalue weighted by molar-refractivity contribution is 5.94. The summed E-state index contributed by atoms with van der Waals surface area (Å²) in [4.78, 5) is 44.0. The van der Waals surface area contributed by atoms with E-state index in [0.717, 1.165) is 34.9 Å². The summed E-state index contributed by atoms with van der Waals surface area (Å²) in [6, 6.07) is 2.54. The molecule has 2 aromatic heterocycles. The number of nitrogens with one attached hydrogen (secondary N) is 1. The van der Waals surface area contributed by atoms with E-state index in [0.29, 0.717) is 35.3 Å². The van der Waals surface area contributed by atoms with Crippen LogP contribution in [-0.2, 0) is 39.5 Å². The molecule has 10 heteroatoms. The molecule has 1 unspecified atom stereocenters. The van der Waals surface area contributed by atoms with Crippen LogP contribution in [0.4, 0.5) is 4.39 Å². The number of halogens is 1. The summed E-state index contributed by atoms with van der Waals surface area (Å²) in [6.07, 6.45) is 1.61. The van der Waals surface area contributed by atoms with Crippen molar-refractivity contribution in [1.82, 2.24) is 14.9 Å². The molecule has 39 heavy (non-hydrogen) atoms. The molecule has 0 spiro atoms. The number of carbonyl (C=O) groups is 2. The van der Waals surface area contributed by atoms with Gasteiger partial charge in [0.15, 0.2) is 5.60 Å². The first-order valence-corrected chi connectivity index (χ1v) is 13.4. The molecule has 4 heterocycles. The summed E-state index contributed by atoms with van der Waals surface area (Å²) in [6.45, 7) is 3.30. The number of hydrogen-bond donors (Lipinski definition) is 3. The number of rotatable bonds is 4. The number of hydrogen-bond acceptors (Lipinski definition) is 7. The minimum absolute atomic E-state index is 0.0241. The van der Waals surface area contributed by atoms with Gasteiger partial charge in [0.05, 0.1) is 35.1 Å². The Morgan fingerprint density at radius 3 is 2.74 bits per heavy atom. The second-order valence-electron chi connectivity index (χ2n) is 11.2. The van der Waals surface area contributed by atoms with E-state index in [1.807, 2.05) is 0 Å². The van der Waals surface area contributed by atoms with Gasteiger partial charge in [-0.15, -0.1) is 0 Å². The zero-order valence-corrected chi connectivity index (χ0v) is 21.6. The number of aliphatic hydroxyl groups is 2. The van der Waals surface area contributed by atoms with E-state index >= 15 is 4.39 Å². The number of pyridine rings is 2. The van der Waals surface area contributed by atoms with Crippen LogP contribution in [0.25, 0.3) is 22.3 Å². The van der Waals surface area contributed by atoms with Gasteiger partial charge in [0.2, 0.25) is 5.91 Å². The fourth-order valence-corrected chi connectivity index (χ4v) is 6.58. The highest BCUT2D eigenvalue weighted by Gasteiger charge is 2.46. The van der Waals surface area contributed by atoms with Crippen molar-refractivity contribution in [1.29, 1.82) is 0 Å². The predicted octanol–water partition coefficient (Wildman–Crippen LogP) is 2.40. The zero-order valence-electron chi connectivity index (χ0n) is 21.6. The normalized spacial score (nSPS) is 23.6. The molecule has 0 saturated heterocycles. The molecule has 0 bridgehead atoms. The Labute approximate surface area is 222 Å². The molecule has 1 fully saturated rings. The third-order valence-corrected chi connectivity index (χ3v) is 9.03. The molecule has 9 nitrogen and oxygen atoms in total. The lowest BCUT2D eigenvalue weighted by Crippen LogP contribution is -2.44. The van der Waals surface area contributed by atoms with Crippen LogP contribution in [0.3, 0.4) is 0 Å². The Morgan fingerprint density at radius 2 is 2.03 bits per heavy atom.